The fraction of sp³-hybridized carbons (Fsp3) is 0.235. The van der Waals surface area contributed by atoms with Gasteiger partial charge in [0.2, 0.25) is 0 Å². The van der Waals surface area contributed by atoms with Crippen LogP contribution in [0.5, 0.6) is 11.5 Å². The highest BCUT2D eigenvalue weighted by atomic mass is 16.5. The Balaban J connectivity index is 2.29. The van der Waals surface area contributed by atoms with Gasteiger partial charge in [-0.2, -0.15) is 0 Å². The van der Waals surface area contributed by atoms with Crippen molar-refractivity contribution in [2.45, 2.75) is 25.9 Å². The molecule has 0 heterocycles. The SMILES string of the molecule is CC(C)Oc1ccc(C(C=O)c2ccccc2O)cc1. The number of aromatic hydroxyl groups is 1. The lowest BCUT2D eigenvalue weighted by atomic mass is 9.92. The molecule has 0 aliphatic rings. The fourth-order valence-corrected chi connectivity index (χ4v) is 2.11. The van der Waals surface area contributed by atoms with Crippen molar-refractivity contribution < 1.29 is 14.6 Å². The van der Waals surface area contributed by atoms with Crippen LogP contribution in [0.25, 0.3) is 0 Å². The van der Waals surface area contributed by atoms with Crippen molar-refractivity contribution >= 4 is 6.29 Å². The van der Waals surface area contributed by atoms with E-state index in [0.29, 0.717) is 5.56 Å². The molecular formula is C17H18O3. The number of hydrogen-bond donors (Lipinski definition) is 1. The fourth-order valence-electron chi connectivity index (χ4n) is 2.11. The van der Waals surface area contributed by atoms with Crippen molar-refractivity contribution in [1.29, 1.82) is 0 Å². The van der Waals surface area contributed by atoms with Crippen LogP contribution in [0.1, 0.15) is 30.9 Å². The summed E-state index contributed by atoms with van der Waals surface area (Å²) in [6.45, 7) is 3.92. The molecule has 3 nitrogen and oxygen atoms in total. The van der Waals surface area contributed by atoms with Crippen LogP contribution in [0.2, 0.25) is 0 Å². The molecule has 1 unspecified atom stereocenters. The molecule has 0 fully saturated rings. The van der Waals surface area contributed by atoms with Crippen LogP contribution >= 0.6 is 0 Å². The molecule has 0 aromatic heterocycles. The molecule has 0 aliphatic heterocycles. The van der Waals surface area contributed by atoms with E-state index >= 15 is 0 Å². The highest BCUT2D eigenvalue weighted by Crippen LogP contribution is 2.30. The third-order valence-corrected chi connectivity index (χ3v) is 3.02. The summed E-state index contributed by atoms with van der Waals surface area (Å²) in [7, 11) is 0. The first-order valence-corrected chi connectivity index (χ1v) is 6.61. The highest BCUT2D eigenvalue weighted by molar-refractivity contribution is 5.70. The molecule has 0 radical (unpaired) electrons. The molecule has 2 aromatic rings. The summed E-state index contributed by atoms with van der Waals surface area (Å²) in [6.07, 6.45) is 0.953. The Bertz CT molecular complexity index is 573. The van der Waals surface area contributed by atoms with E-state index in [4.69, 9.17) is 4.74 Å². The van der Waals surface area contributed by atoms with Gasteiger partial charge in [0.15, 0.2) is 0 Å². The average Bonchev–Trinajstić information content (AvgIpc) is 2.43. The molecule has 0 saturated heterocycles. The second-order valence-corrected chi connectivity index (χ2v) is 4.91. The van der Waals surface area contributed by atoms with Crippen LogP contribution in [0.4, 0.5) is 0 Å². The molecule has 0 amide bonds. The van der Waals surface area contributed by atoms with E-state index in [1.165, 1.54) is 0 Å². The zero-order valence-corrected chi connectivity index (χ0v) is 11.6. The number of rotatable bonds is 5. The third-order valence-electron chi connectivity index (χ3n) is 3.02. The van der Waals surface area contributed by atoms with Gasteiger partial charge in [-0.05, 0) is 37.6 Å². The van der Waals surface area contributed by atoms with Crippen LogP contribution in [0.3, 0.4) is 0 Å². The van der Waals surface area contributed by atoms with Crippen LogP contribution < -0.4 is 4.74 Å². The van der Waals surface area contributed by atoms with Crippen LogP contribution in [-0.2, 0) is 4.79 Å². The number of benzene rings is 2. The Morgan fingerprint density at radius 1 is 1.05 bits per heavy atom. The maximum atomic E-state index is 11.4. The standard InChI is InChI=1S/C17H18O3/c1-12(2)20-14-9-7-13(8-10-14)16(11-18)15-5-3-4-6-17(15)19/h3-12,16,19H,1-2H3. The van der Waals surface area contributed by atoms with Crippen LogP contribution in [0.15, 0.2) is 48.5 Å². The minimum atomic E-state index is -0.468. The smallest absolute Gasteiger partial charge is 0.131 e. The Morgan fingerprint density at radius 3 is 2.25 bits per heavy atom. The lowest BCUT2D eigenvalue weighted by molar-refractivity contribution is -0.108. The van der Waals surface area contributed by atoms with E-state index in [2.05, 4.69) is 0 Å². The largest absolute Gasteiger partial charge is 0.508 e. The molecule has 0 aliphatic carbocycles. The van der Waals surface area contributed by atoms with Gasteiger partial charge in [-0.25, -0.2) is 0 Å². The van der Waals surface area contributed by atoms with Gasteiger partial charge < -0.3 is 14.6 Å². The number of hydrogen-bond acceptors (Lipinski definition) is 3. The second-order valence-electron chi connectivity index (χ2n) is 4.91. The Hall–Kier alpha value is -2.29. The Morgan fingerprint density at radius 2 is 1.70 bits per heavy atom. The van der Waals surface area contributed by atoms with E-state index in [1.54, 1.807) is 18.2 Å². The number of ether oxygens (including phenoxy) is 1. The van der Waals surface area contributed by atoms with Crippen molar-refractivity contribution in [3.8, 4) is 11.5 Å². The topological polar surface area (TPSA) is 46.5 Å². The first-order chi connectivity index (χ1) is 9.61. The Kier molecular flexibility index (Phi) is 4.41. The summed E-state index contributed by atoms with van der Waals surface area (Å²) >= 11 is 0. The van der Waals surface area contributed by atoms with Gasteiger partial charge in [0.05, 0.1) is 12.0 Å². The van der Waals surface area contributed by atoms with Gasteiger partial charge in [0, 0.05) is 5.56 Å². The lowest BCUT2D eigenvalue weighted by Crippen LogP contribution is -2.06. The van der Waals surface area contributed by atoms with Gasteiger partial charge in [0.25, 0.3) is 0 Å². The third kappa shape index (κ3) is 3.18. The van der Waals surface area contributed by atoms with Crippen molar-refractivity contribution in [2.24, 2.45) is 0 Å². The lowest BCUT2D eigenvalue weighted by Gasteiger charge is -2.14. The number of phenolic OH excluding ortho intramolecular Hbond substituents is 1. The van der Waals surface area contributed by atoms with Crippen molar-refractivity contribution in [3.63, 3.8) is 0 Å². The van der Waals surface area contributed by atoms with Crippen molar-refractivity contribution in [1.82, 2.24) is 0 Å². The summed E-state index contributed by atoms with van der Waals surface area (Å²) < 4.78 is 5.57. The summed E-state index contributed by atoms with van der Waals surface area (Å²) in [5, 5.41) is 9.86. The van der Waals surface area contributed by atoms with E-state index in [0.717, 1.165) is 17.6 Å². The second kappa shape index (κ2) is 6.24. The maximum absolute atomic E-state index is 11.4. The molecule has 2 aromatic carbocycles. The summed E-state index contributed by atoms with van der Waals surface area (Å²) in [5.41, 5.74) is 1.44. The van der Waals surface area contributed by atoms with Gasteiger partial charge in [-0.1, -0.05) is 30.3 Å². The number of aldehydes is 1. The van der Waals surface area contributed by atoms with E-state index in [-0.39, 0.29) is 11.9 Å². The molecule has 0 spiro atoms. The molecule has 1 atom stereocenters. The highest BCUT2D eigenvalue weighted by Gasteiger charge is 2.16. The molecular weight excluding hydrogens is 252 g/mol. The van der Waals surface area contributed by atoms with Gasteiger partial charge in [-0.3, -0.25) is 0 Å². The minimum absolute atomic E-state index is 0.112. The summed E-state index contributed by atoms with van der Waals surface area (Å²) in [4.78, 5) is 11.4. The van der Waals surface area contributed by atoms with E-state index < -0.39 is 5.92 Å². The predicted molar refractivity (Wildman–Crippen MR) is 78.2 cm³/mol. The molecule has 0 saturated carbocycles. The van der Waals surface area contributed by atoms with E-state index in [9.17, 15) is 9.90 Å². The number of carbonyl (C=O) groups is 1. The van der Waals surface area contributed by atoms with Crippen molar-refractivity contribution in [3.05, 3.63) is 59.7 Å². The number of para-hydroxylation sites is 1. The first kappa shape index (κ1) is 14.1. The van der Waals surface area contributed by atoms with Crippen LogP contribution in [0, 0.1) is 0 Å². The van der Waals surface area contributed by atoms with Gasteiger partial charge in [-0.15, -0.1) is 0 Å². The molecule has 1 N–H and O–H groups in total. The summed E-state index contributed by atoms with van der Waals surface area (Å²) in [5.74, 6) is 0.432. The van der Waals surface area contributed by atoms with Gasteiger partial charge in [0.1, 0.15) is 17.8 Å². The predicted octanol–water partition coefficient (Wildman–Crippen LogP) is 3.51. The number of phenols is 1. The quantitative estimate of drug-likeness (QED) is 0.846. The molecule has 20 heavy (non-hydrogen) atoms. The monoisotopic (exact) mass is 270 g/mol. The molecule has 2 rings (SSSR count). The van der Waals surface area contributed by atoms with Crippen molar-refractivity contribution in [2.75, 3.05) is 0 Å². The zero-order valence-electron chi connectivity index (χ0n) is 11.6. The molecule has 3 heteroatoms. The van der Waals surface area contributed by atoms with Crippen LogP contribution in [-0.4, -0.2) is 17.5 Å². The molecule has 104 valence electrons. The maximum Gasteiger partial charge on any atom is 0.131 e. The number of carbonyl (C=O) groups excluding carboxylic acids is 1. The first-order valence-electron chi connectivity index (χ1n) is 6.61. The Labute approximate surface area is 118 Å². The average molecular weight is 270 g/mol. The van der Waals surface area contributed by atoms with Gasteiger partial charge >= 0.3 is 0 Å². The molecule has 0 bridgehead atoms. The summed E-state index contributed by atoms with van der Waals surface area (Å²) in [6, 6.07) is 14.3. The normalized spacial score (nSPS) is 12.2. The zero-order chi connectivity index (χ0) is 14.5. The minimum Gasteiger partial charge on any atom is -0.508 e. The van der Waals surface area contributed by atoms with E-state index in [1.807, 2.05) is 44.2 Å².